The molecule has 0 unspecified atom stereocenters. The Bertz CT molecular complexity index is 376. The standard InChI is InChI=1S/C11H14FN3/c1-2-9-10(12)11(14-8-13-9)15-6-4-3-5-7-15/h3-4,8H,2,5-7H2,1H3. The number of hydrogen-bond acceptors (Lipinski definition) is 3. The van der Waals surface area contributed by atoms with Gasteiger partial charge in [0.2, 0.25) is 0 Å². The highest BCUT2D eigenvalue weighted by molar-refractivity contribution is 5.42. The topological polar surface area (TPSA) is 29.0 Å². The predicted octanol–water partition coefficient (Wildman–Crippen LogP) is 1.94. The largest absolute Gasteiger partial charge is 0.350 e. The monoisotopic (exact) mass is 207 g/mol. The van der Waals surface area contributed by atoms with E-state index in [9.17, 15) is 4.39 Å². The van der Waals surface area contributed by atoms with Gasteiger partial charge in [0.25, 0.3) is 0 Å². The van der Waals surface area contributed by atoms with Gasteiger partial charge < -0.3 is 4.90 Å². The molecular formula is C11H14FN3. The molecule has 0 aromatic carbocycles. The van der Waals surface area contributed by atoms with Crippen LogP contribution in [0.15, 0.2) is 18.5 Å². The lowest BCUT2D eigenvalue weighted by Crippen LogP contribution is -2.29. The summed E-state index contributed by atoms with van der Waals surface area (Å²) in [6, 6.07) is 0. The van der Waals surface area contributed by atoms with Crippen LogP contribution in [0.3, 0.4) is 0 Å². The predicted molar refractivity (Wildman–Crippen MR) is 57.3 cm³/mol. The maximum atomic E-state index is 13.9. The first kappa shape index (κ1) is 10.1. The quantitative estimate of drug-likeness (QED) is 0.694. The lowest BCUT2D eigenvalue weighted by atomic mass is 10.2. The summed E-state index contributed by atoms with van der Waals surface area (Å²) in [5.41, 5.74) is 0.495. The van der Waals surface area contributed by atoms with Crippen molar-refractivity contribution in [2.24, 2.45) is 0 Å². The maximum Gasteiger partial charge on any atom is 0.187 e. The molecule has 1 aliphatic heterocycles. The molecule has 1 aromatic rings. The molecule has 0 spiro atoms. The summed E-state index contributed by atoms with van der Waals surface area (Å²) in [6.45, 7) is 3.45. The van der Waals surface area contributed by atoms with Crippen LogP contribution in [-0.2, 0) is 6.42 Å². The molecule has 0 saturated carbocycles. The summed E-state index contributed by atoms with van der Waals surface area (Å²) >= 11 is 0. The van der Waals surface area contributed by atoms with Gasteiger partial charge in [-0.2, -0.15) is 0 Å². The Labute approximate surface area is 88.7 Å². The van der Waals surface area contributed by atoms with Crippen LogP contribution in [0.25, 0.3) is 0 Å². The molecule has 0 fully saturated rings. The maximum absolute atomic E-state index is 13.9. The average Bonchev–Trinajstić information content (AvgIpc) is 2.30. The van der Waals surface area contributed by atoms with E-state index < -0.39 is 0 Å². The van der Waals surface area contributed by atoms with Crippen LogP contribution in [0, 0.1) is 5.82 Å². The number of hydrogen-bond donors (Lipinski definition) is 0. The Morgan fingerprint density at radius 1 is 1.40 bits per heavy atom. The van der Waals surface area contributed by atoms with E-state index in [1.165, 1.54) is 6.33 Å². The van der Waals surface area contributed by atoms with E-state index in [-0.39, 0.29) is 5.82 Å². The van der Waals surface area contributed by atoms with Crippen molar-refractivity contribution in [3.05, 3.63) is 30.0 Å². The molecule has 0 N–H and O–H groups in total. The fourth-order valence-corrected chi connectivity index (χ4v) is 1.70. The number of aromatic nitrogens is 2. The van der Waals surface area contributed by atoms with Gasteiger partial charge in [0.15, 0.2) is 11.6 Å². The summed E-state index contributed by atoms with van der Waals surface area (Å²) in [6.07, 6.45) is 7.14. The molecule has 0 saturated heterocycles. The zero-order chi connectivity index (χ0) is 10.7. The van der Waals surface area contributed by atoms with Gasteiger partial charge in [-0.05, 0) is 12.8 Å². The molecule has 0 bridgehead atoms. The normalized spacial score (nSPS) is 15.7. The third-order valence-electron chi connectivity index (χ3n) is 2.54. The third kappa shape index (κ3) is 1.98. The number of nitrogens with zero attached hydrogens (tertiary/aromatic N) is 3. The van der Waals surface area contributed by atoms with Crippen LogP contribution in [-0.4, -0.2) is 23.1 Å². The van der Waals surface area contributed by atoms with E-state index in [0.717, 1.165) is 19.5 Å². The van der Waals surface area contributed by atoms with E-state index in [2.05, 4.69) is 16.0 Å². The fraction of sp³-hybridized carbons (Fsp3) is 0.455. The summed E-state index contributed by atoms with van der Waals surface area (Å²) in [5, 5.41) is 0. The summed E-state index contributed by atoms with van der Waals surface area (Å²) in [7, 11) is 0. The smallest absolute Gasteiger partial charge is 0.187 e. The average molecular weight is 207 g/mol. The van der Waals surface area contributed by atoms with Gasteiger partial charge in [-0.15, -0.1) is 0 Å². The molecule has 0 atom stereocenters. The zero-order valence-corrected chi connectivity index (χ0v) is 8.78. The summed E-state index contributed by atoms with van der Waals surface area (Å²) in [5.74, 6) is 0.168. The van der Waals surface area contributed by atoms with E-state index in [1.807, 2.05) is 17.9 Å². The zero-order valence-electron chi connectivity index (χ0n) is 8.78. The van der Waals surface area contributed by atoms with Crippen molar-refractivity contribution in [2.75, 3.05) is 18.0 Å². The lowest BCUT2D eigenvalue weighted by Gasteiger charge is -2.24. The first-order chi connectivity index (χ1) is 7.33. The van der Waals surface area contributed by atoms with Crippen molar-refractivity contribution in [2.45, 2.75) is 19.8 Å². The second-order valence-corrected chi connectivity index (χ2v) is 3.52. The van der Waals surface area contributed by atoms with Crippen LogP contribution in [0.5, 0.6) is 0 Å². The van der Waals surface area contributed by atoms with Crippen LogP contribution in [0.4, 0.5) is 10.2 Å². The highest BCUT2D eigenvalue weighted by Crippen LogP contribution is 2.19. The highest BCUT2D eigenvalue weighted by Gasteiger charge is 2.16. The molecule has 1 aliphatic rings. The van der Waals surface area contributed by atoms with Gasteiger partial charge >= 0.3 is 0 Å². The first-order valence-electron chi connectivity index (χ1n) is 5.22. The van der Waals surface area contributed by atoms with Crippen molar-refractivity contribution in [3.8, 4) is 0 Å². The van der Waals surface area contributed by atoms with Crippen LogP contribution in [0.2, 0.25) is 0 Å². The summed E-state index contributed by atoms with van der Waals surface area (Å²) in [4.78, 5) is 9.88. The third-order valence-corrected chi connectivity index (χ3v) is 2.54. The Hall–Kier alpha value is -1.45. The molecule has 2 rings (SSSR count). The van der Waals surface area contributed by atoms with Gasteiger partial charge in [0.1, 0.15) is 6.33 Å². The van der Waals surface area contributed by atoms with E-state index in [1.54, 1.807) is 0 Å². The number of halogens is 1. The van der Waals surface area contributed by atoms with Gasteiger partial charge in [0.05, 0.1) is 5.69 Å². The van der Waals surface area contributed by atoms with Crippen LogP contribution in [0.1, 0.15) is 19.0 Å². The number of rotatable bonds is 2. The molecule has 4 heteroatoms. The number of aryl methyl sites for hydroxylation is 1. The molecular weight excluding hydrogens is 193 g/mol. The molecule has 3 nitrogen and oxygen atoms in total. The molecule has 2 heterocycles. The van der Waals surface area contributed by atoms with Gasteiger partial charge in [0, 0.05) is 13.1 Å². The Balaban J connectivity index is 2.31. The molecule has 0 amide bonds. The SMILES string of the molecule is CCc1ncnc(N2CC=CCC2)c1F. The minimum absolute atomic E-state index is 0.268. The van der Waals surface area contributed by atoms with Crippen LogP contribution < -0.4 is 4.90 Å². The second-order valence-electron chi connectivity index (χ2n) is 3.52. The Kier molecular flexibility index (Phi) is 2.94. The Morgan fingerprint density at radius 2 is 2.27 bits per heavy atom. The van der Waals surface area contributed by atoms with Crippen LogP contribution >= 0.6 is 0 Å². The minimum atomic E-state index is -0.268. The molecule has 0 aliphatic carbocycles. The Morgan fingerprint density at radius 3 is 2.93 bits per heavy atom. The lowest BCUT2D eigenvalue weighted by molar-refractivity contribution is 0.584. The first-order valence-corrected chi connectivity index (χ1v) is 5.22. The highest BCUT2D eigenvalue weighted by atomic mass is 19.1. The summed E-state index contributed by atoms with van der Waals surface area (Å²) < 4.78 is 13.9. The van der Waals surface area contributed by atoms with E-state index in [4.69, 9.17) is 0 Å². The van der Waals surface area contributed by atoms with Crippen molar-refractivity contribution in [1.82, 2.24) is 9.97 Å². The molecule has 80 valence electrons. The van der Waals surface area contributed by atoms with Gasteiger partial charge in [-0.25, -0.2) is 14.4 Å². The van der Waals surface area contributed by atoms with Crippen molar-refractivity contribution in [1.29, 1.82) is 0 Å². The van der Waals surface area contributed by atoms with Crippen molar-refractivity contribution >= 4 is 5.82 Å². The molecule has 1 aromatic heterocycles. The van der Waals surface area contributed by atoms with Crippen molar-refractivity contribution < 1.29 is 4.39 Å². The molecule has 15 heavy (non-hydrogen) atoms. The number of anilines is 1. The van der Waals surface area contributed by atoms with Crippen molar-refractivity contribution in [3.63, 3.8) is 0 Å². The minimum Gasteiger partial charge on any atom is -0.350 e. The molecule has 0 radical (unpaired) electrons. The van der Waals surface area contributed by atoms with Gasteiger partial charge in [-0.1, -0.05) is 19.1 Å². The fourth-order valence-electron chi connectivity index (χ4n) is 1.70. The van der Waals surface area contributed by atoms with E-state index >= 15 is 0 Å². The van der Waals surface area contributed by atoms with E-state index in [0.29, 0.717) is 17.9 Å². The van der Waals surface area contributed by atoms with Gasteiger partial charge in [-0.3, -0.25) is 0 Å². The second kappa shape index (κ2) is 4.38.